The van der Waals surface area contributed by atoms with E-state index in [-0.39, 0.29) is 18.0 Å². The van der Waals surface area contributed by atoms with Crippen LogP contribution in [0.4, 0.5) is 10.3 Å². The molecule has 0 saturated heterocycles. The lowest BCUT2D eigenvalue weighted by Crippen LogP contribution is -2.32. The van der Waals surface area contributed by atoms with Crippen molar-refractivity contribution in [1.29, 1.82) is 0 Å². The number of para-hydroxylation sites is 1. The summed E-state index contributed by atoms with van der Waals surface area (Å²) in [6, 6.07) is 21.7. The van der Waals surface area contributed by atoms with Gasteiger partial charge in [0.05, 0.1) is 5.70 Å². The van der Waals surface area contributed by atoms with Crippen molar-refractivity contribution in [2.45, 2.75) is 12.1 Å². The molecule has 0 radical (unpaired) electrons. The molecule has 1 aromatic heterocycles. The molecule has 2 atom stereocenters. The molecular weight excluding hydrogens is 415 g/mol. The standard InChI is InChI=1S/C24H16ClFN4O/c25-16-9-5-15(6-10-16)23-20-21(18-3-1-2-4-19(18)31-23)29-24-27-13-28-30(24)22(20)14-7-11-17(26)12-8-14/h1-13,22-23H,(H,27,28,29)/t22-,23+/m0/s1. The number of fused-ring (bicyclic) bond motifs is 3. The Balaban J connectivity index is 1.62. The van der Waals surface area contributed by atoms with Crippen LogP contribution in [0.5, 0.6) is 5.75 Å². The van der Waals surface area contributed by atoms with Crippen molar-refractivity contribution in [3.63, 3.8) is 0 Å². The molecule has 0 unspecified atom stereocenters. The molecule has 0 spiro atoms. The Morgan fingerprint density at radius 2 is 1.68 bits per heavy atom. The maximum Gasteiger partial charge on any atom is 0.226 e. The first-order valence-electron chi connectivity index (χ1n) is 9.86. The highest BCUT2D eigenvalue weighted by Crippen LogP contribution is 2.50. The van der Waals surface area contributed by atoms with Gasteiger partial charge >= 0.3 is 0 Å². The third-order valence-electron chi connectivity index (χ3n) is 5.68. The second-order valence-electron chi connectivity index (χ2n) is 7.48. The van der Waals surface area contributed by atoms with Crippen LogP contribution in [0.2, 0.25) is 5.02 Å². The lowest BCUT2D eigenvalue weighted by atomic mass is 9.84. The maximum absolute atomic E-state index is 13.7. The SMILES string of the molecule is Fc1ccc([C@H]2C3=C(Nc4ncnn42)c2ccccc2O[C@@H]3c2ccc(Cl)cc2)cc1. The van der Waals surface area contributed by atoms with Gasteiger partial charge < -0.3 is 10.1 Å². The van der Waals surface area contributed by atoms with Gasteiger partial charge in [-0.3, -0.25) is 0 Å². The van der Waals surface area contributed by atoms with E-state index in [9.17, 15) is 4.39 Å². The van der Waals surface area contributed by atoms with E-state index in [0.29, 0.717) is 11.0 Å². The van der Waals surface area contributed by atoms with Gasteiger partial charge in [0.15, 0.2) is 0 Å². The van der Waals surface area contributed by atoms with Crippen LogP contribution in [0.15, 0.2) is 84.7 Å². The van der Waals surface area contributed by atoms with Crippen molar-refractivity contribution < 1.29 is 9.13 Å². The summed E-state index contributed by atoms with van der Waals surface area (Å²) >= 11 is 6.14. The molecule has 0 saturated carbocycles. The highest BCUT2D eigenvalue weighted by atomic mass is 35.5. The number of ether oxygens (including phenoxy) is 1. The van der Waals surface area contributed by atoms with Crippen molar-refractivity contribution in [3.05, 3.63) is 112 Å². The lowest BCUT2D eigenvalue weighted by molar-refractivity contribution is 0.223. The molecule has 2 aliphatic rings. The zero-order valence-electron chi connectivity index (χ0n) is 16.2. The van der Waals surface area contributed by atoms with Crippen LogP contribution in [-0.2, 0) is 0 Å². The molecular formula is C24H16ClFN4O. The molecule has 7 heteroatoms. The Labute approximate surface area is 182 Å². The van der Waals surface area contributed by atoms with Gasteiger partial charge in [-0.05, 0) is 47.5 Å². The molecule has 31 heavy (non-hydrogen) atoms. The van der Waals surface area contributed by atoms with Crippen molar-refractivity contribution >= 4 is 23.2 Å². The number of benzene rings is 3. The Bertz CT molecular complexity index is 1310. The molecule has 6 rings (SSSR count). The number of hydrogen-bond donors (Lipinski definition) is 1. The van der Waals surface area contributed by atoms with E-state index in [1.54, 1.807) is 12.1 Å². The summed E-state index contributed by atoms with van der Waals surface area (Å²) in [5.41, 5.74) is 4.71. The average Bonchev–Trinajstić information content (AvgIpc) is 3.27. The van der Waals surface area contributed by atoms with E-state index >= 15 is 0 Å². The third-order valence-corrected chi connectivity index (χ3v) is 5.93. The number of halogens is 2. The summed E-state index contributed by atoms with van der Waals surface area (Å²) < 4.78 is 22.0. The average molecular weight is 431 g/mol. The monoisotopic (exact) mass is 430 g/mol. The van der Waals surface area contributed by atoms with E-state index < -0.39 is 0 Å². The fraction of sp³-hybridized carbons (Fsp3) is 0.0833. The van der Waals surface area contributed by atoms with Crippen molar-refractivity contribution in [2.24, 2.45) is 0 Å². The Hall–Kier alpha value is -3.64. The van der Waals surface area contributed by atoms with Crippen LogP contribution in [0, 0.1) is 5.82 Å². The van der Waals surface area contributed by atoms with E-state index in [2.05, 4.69) is 15.4 Å². The second kappa shape index (κ2) is 6.96. The molecule has 0 bridgehead atoms. The van der Waals surface area contributed by atoms with Gasteiger partial charge in [-0.25, -0.2) is 9.07 Å². The molecule has 1 N–H and O–H groups in total. The normalized spacial score (nSPS) is 19.0. The fourth-order valence-corrected chi connectivity index (χ4v) is 4.42. The van der Waals surface area contributed by atoms with Gasteiger partial charge in [-0.2, -0.15) is 10.1 Å². The maximum atomic E-state index is 13.7. The number of rotatable bonds is 2. The smallest absolute Gasteiger partial charge is 0.226 e. The zero-order chi connectivity index (χ0) is 20.9. The molecule has 0 fully saturated rings. The molecule has 0 aliphatic carbocycles. The van der Waals surface area contributed by atoms with Crippen LogP contribution in [0.25, 0.3) is 5.70 Å². The minimum absolute atomic E-state index is 0.287. The Morgan fingerprint density at radius 3 is 2.48 bits per heavy atom. The number of nitrogens with zero attached hydrogens (tertiary/aromatic N) is 3. The van der Waals surface area contributed by atoms with Crippen LogP contribution in [-0.4, -0.2) is 14.8 Å². The predicted molar refractivity (Wildman–Crippen MR) is 116 cm³/mol. The summed E-state index contributed by atoms with van der Waals surface area (Å²) in [6.07, 6.45) is 1.13. The topological polar surface area (TPSA) is 52.0 Å². The van der Waals surface area contributed by atoms with Crippen molar-refractivity contribution in [2.75, 3.05) is 5.32 Å². The lowest BCUT2D eigenvalue weighted by Gasteiger charge is -2.39. The first-order chi connectivity index (χ1) is 15.2. The van der Waals surface area contributed by atoms with Gasteiger partial charge in [0.25, 0.3) is 0 Å². The first kappa shape index (κ1) is 18.2. The van der Waals surface area contributed by atoms with E-state index in [0.717, 1.165) is 33.7 Å². The van der Waals surface area contributed by atoms with E-state index in [1.807, 2.05) is 53.2 Å². The number of nitrogens with one attached hydrogen (secondary N) is 1. The molecule has 152 valence electrons. The number of anilines is 1. The number of hydrogen-bond acceptors (Lipinski definition) is 4. The van der Waals surface area contributed by atoms with Gasteiger partial charge in [0.2, 0.25) is 5.95 Å². The Kier molecular flexibility index (Phi) is 4.07. The number of aromatic nitrogens is 3. The van der Waals surface area contributed by atoms with Crippen LogP contribution in [0.1, 0.15) is 28.8 Å². The zero-order valence-corrected chi connectivity index (χ0v) is 16.9. The predicted octanol–water partition coefficient (Wildman–Crippen LogP) is 5.63. The first-order valence-corrected chi connectivity index (χ1v) is 10.2. The van der Waals surface area contributed by atoms with E-state index in [1.165, 1.54) is 18.5 Å². The highest BCUT2D eigenvalue weighted by molar-refractivity contribution is 6.30. The van der Waals surface area contributed by atoms with Crippen LogP contribution < -0.4 is 10.1 Å². The minimum Gasteiger partial charge on any atom is -0.480 e. The van der Waals surface area contributed by atoms with Crippen LogP contribution in [0.3, 0.4) is 0 Å². The molecule has 2 aliphatic heterocycles. The van der Waals surface area contributed by atoms with Crippen LogP contribution >= 0.6 is 11.6 Å². The summed E-state index contributed by atoms with van der Waals surface area (Å²) in [5.74, 6) is 1.12. The van der Waals surface area contributed by atoms with Crippen molar-refractivity contribution in [1.82, 2.24) is 14.8 Å². The summed E-state index contributed by atoms with van der Waals surface area (Å²) in [4.78, 5) is 4.40. The molecule has 4 aromatic rings. The Morgan fingerprint density at radius 1 is 0.935 bits per heavy atom. The summed E-state index contributed by atoms with van der Waals surface area (Å²) in [5, 5.41) is 8.57. The molecule has 0 amide bonds. The fourth-order valence-electron chi connectivity index (χ4n) is 4.30. The van der Waals surface area contributed by atoms with Gasteiger partial charge in [-0.1, -0.05) is 48.0 Å². The third kappa shape index (κ3) is 2.91. The van der Waals surface area contributed by atoms with Crippen molar-refractivity contribution in [3.8, 4) is 5.75 Å². The molecule has 3 heterocycles. The van der Waals surface area contributed by atoms with Gasteiger partial charge in [-0.15, -0.1) is 0 Å². The quantitative estimate of drug-likeness (QED) is 0.447. The molecule has 3 aromatic carbocycles. The summed E-state index contributed by atoms with van der Waals surface area (Å²) in [6.45, 7) is 0. The minimum atomic E-state index is -0.387. The highest BCUT2D eigenvalue weighted by Gasteiger charge is 2.40. The summed E-state index contributed by atoms with van der Waals surface area (Å²) in [7, 11) is 0. The largest absolute Gasteiger partial charge is 0.480 e. The van der Waals surface area contributed by atoms with E-state index in [4.69, 9.17) is 16.3 Å². The molecule has 5 nitrogen and oxygen atoms in total. The van der Waals surface area contributed by atoms with Gasteiger partial charge in [0, 0.05) is 16.2 Å². The van der Waals surface area contributed by atoms with Gasteiger partial charge in [0.1, 0.15) is 30.0 Å². The second-order valence-corrected chi connectivity index (χ2v) is 7.92.